The van der Waals surface area contributed by atoms with Gasteiger partial charge in [-0.25, -0.2) is 4.98 Å². The second kappa shape index (κ2) is 8.39. The van der Waals surface area contributed by atoms with E-state index in [9.17, 15) is 4.79 Å². The molecule has 2 aliphatic heterocycles. The molecule has 0 radical (unpaired) electrons. The van der Waals surface area contributed by atoms with Crippen LogP contribution in [0.5, 0.6) is 5.75 Å². The molecule has 1 aromatic carbocycles. The molecule has 0 spiro atoms. The van der Waals surface area contributed by atoms with Crippen LogP contribution in [-0.4, -0.2) is 48.6 Å². The van der Waals surface area contributed by atoms with Gasteiger partial charge >= 0.3 is 0 Å². The van der Waals surface area contributed by atoms with Gasteiger partial charge in [-0.2, -0.15) is 0 Å². The first kappa shape index (κ1) is 19.1. The van der Waals surface area contributed by atoms with Crippen molar-refractivity contribution in [1.29, 1.82) is 0 Å². The molecule has 2 aromatic rings. The minimum absolute atomic E-state index is 0.259. The lowest BCUT2D eigenvalue weighted by Gasteiger charge is -2.39. The third-order valence-corrected chi connectivity index (χ3v) is 6.23. The van der Waals surface area contributed by atoms with Gasteiger partial charge in [0, 0.05) is 32.3 Å². The molecule has 3 heterocycles. The molecule has 6 heteroatoms. The van der Waals surface area contributed by atoms with E-state index in [1.807, 2.05) is 36.4 Å². The summed E-state index contributed by atoms with van der Waals surface area (Å²) in [5.41, 5.74) is 1.17. The van der Waals surface area contributed by atoms with E-state index in [4.69, 9.17) is 16.3 Å². The SMILES string of the molecule is COc1ccc(CCC(=O)N2CCC3CCN(c4ccc(Cl)cn4)CC32)cc1. The summed E-state index contributed by atoms with van der Waals surface area (Å²) >= 11 is 5.97. The number of carbonyl (C=O) groups is 1. The van der Waals surface area contributed by atoms with Crippen LogP contribution in [0.2, 0.25) is 5.02 Å². The summed E-state index contributed by atoms with van der Waals surface area (Å²) in [5.74, 6) is 2.65. The Labute approximate surface area is 171 Å². The van der Waals surface area contributed by atoms with Crippen molar-refractivity contribution in [1.82, 2.24) is 9.88 Å². The first-order chi connectivity index (χ1) is 13.6. The smallest absolute Gasteiger partial charge is 0.223 e. The molecule has 4 rings (SSSR count). The lowest BCUT2D eigenvalue weighted by molar-refractivity contribution is -0.132. The van der Waals surface area contributed by atoms with E-state index in [1.54, 1.807) is 13.3 Å². The summed E-state index contributed by atoms with van der Waals surface area (Å²) in [6, 6.07) is 12.1. The molecule has 2 fully saturated rings. The number of aromatic nitrogens is 1. The zero-order valence-electron chi connectivity index (χ0n) is 16.2. The van der Waals surface area contributed by atoms with Crippen LogP contribution in [0.25, 0.3) is 0 Å². The van der Waals surface area contributed by atoms with Crippen LogP contribution >= 0.6 is 11.6 Å². The minimum atomic E-state index is 0.259. The van der Waals surface area contributed by atoms with Crippen molar-refractivity contribution in [2.45, 2.75) is 31.7 Å². The predicted octanol–water partition coefficient (Wildman–Crippen LogP) is 3.80. The Bertz CT molecular complexity index is 810. The maximum absolute atomic E-state index is 12.9. The molecule has 148 valence electrons. The number of rotatable bonds is 5. The van der Waals surface area contributed by atoms with Crippen LogP contribution in [0, 0.1) is 5.92 Å². The largest absolute Gasteiger partial charge is 0.497 e. The van der Waals surface area contributed by atoms with E-state index in [2.05, 4.69) is 14.8 Å². The molecule has 28 heavy (non-hydrogen) atoms. The van der Waals surface area contributed by atoms with Crippen LogP contribution in [0.4, 0.5) is 5.82 Å². The van der Waals surface area contributed by atoms with Crippen LogP contribution in [0.1, 0.15) is 24.8 Å². The van der Waals surface area contributed by atoms with E-state index < -0.39 is 0 Å². The number of nitrogens with zero attached hydrogens (tertiary/aromatic N) is 3. The molecule has 0 bridgehead atoms. The van der Waals surface area contributed by atoms with Crippen molar-refractivity contribution in [3.05, 3.63) is 53.2 Å². The molecule has 5 nitrogen and oxygen atoms in total. The predicted molar refractivity (Wildman–Crippen MR) is 111 cm³/mol. The van der Waals surface area contributed by atoms with E-state index >= 15 is 0 Å². The summed E-state index contributed by atoms with van der Waals surface area (Å²) < 4.78 is 5.20. The van der Waals surface area contributed by atoms with Gasteiger partial charge in [0.05, 0.1) is 18.2 Å². The number of methoxy groups -OCH3 is 1. The number of ether oxygens (including phenoxy) is 1. The number of anilines is 1. The fourth-order valence-electron chi connectivity index (χ4n) is 4.40. The number of pyridine rings is 1. The van der Waals surface area contributed by atoms with Gasteiger partial charge in [-0.05, 0) is 55.0 Å². The van der Waals surface area contributed by atoms with Crippen molar-refractivity contribution >= 4 is 23.3 Å². The van der Waals surface area contributed by atoms with E-state index in [0.717, 1.165) is 50.5 Å². The molecular weight excluding hydrogens is 374 g/mol. The second-order valence-electron chi connectivity index (χ2n) is 7.62. The number of benzene rings is 1. The van der Waals surface area contributed by atoms with Gasteiger partial charge < -0.3 is 14.5 Å². The Balaban J connectivity index is 1.37. The molecule has 2 atom stereocenters. The van der Waals surface area contributed by atoms with Crippen molar-refractivity contribution in [2.24, 2.45) is 5.92 Å². The summed E-state index contributed by atoms with van der Waals surface area (Å²) in [4.78, 5) is 21.8. The minimum Gasteiger partial charge on any atom is -0.497 e. The first-order valence-electron chi connectivity index (χ1n) is 9.93. The lowest BCUT2D eigenvalue weighted by Crippen LogP contribution is -2.50. The molecule has 0 N–H and O–H groups in total. The fraction of sp³-hybridized carbons (Fsp3) is 0.455. The summed E-state index contributed by atoms with van der Waals surface area (Å²) in [5, 5.41) is 0.648. The van der Waals surface area contributed by atoms with Crippen LogP contribution in [0.3, 0.4) is 0 Å². The quantitative estimate of drug-likeness (QED) is 0.767. The number of hydrogen-bond acceptors (Lipinski definition) is 4. The molecule has 2 unspecified atom stereocenters. The first-order valence-corrected chi connectivity index (χ1v) is 10.3. The third kappa shape index (κ3) is 4.09. The van der Waals surface area contributed by atoms with Gasteiger partial charge in [0.2, 0.25) is 5.91 Å². The van der Waals surface area contributed by atoms with E-state index in [1.165, 1.54) is 5.56 Å². The van der Waals surface area contributed by atoms with Crippen molar-refractivity contribution in [3.8, 4) is 5.75 Å². The number of aryl methyl sites for hydroxylation is 1. The Hall–Kier alpha value is -2.27. The Morgan fingerprint density at radius 2 is 1.96 bits per heavy atom. The summed E-state index contributed by atoms with van der Waals surface area (Å²) in [7, 11) is 1.66. The highest BCUT2D eigenvalue weighted by Crippen LogP contribution is 2.33. The van der Waals surface area contributed by atoms with Crippen molar-refractivity contribution < 1.29 is 9.53 Å². The number of piperidine rings is 1. The zero-order chi connectivity index (χ0) is 19.5. The maximum atomic E-state index is 12.9. The number of carbonyl (C=O) groups excluding carboxylic acids is 1. The lowest BCUT2D eigenvalue weighted by atomic mass is 9.92. The molecule has 1 aromatic heterocycles. The normalized spacial score (nSPS) is 21.5. The topological polar surface area (TPSA) is 45.7 Å². The maximum Gasteiger partial charge on any atom is 0.223 e. The number of fused-ring (bicyclic) bond motifs is 1. The highest BCUT2D eigenvalue weighted by Gasteiger charge is 2.40. The molecule has 1 amide bonds. The van der Waals surface area contributed by atoms with Gasteiger partial charge in [0.15, 0.2) is 0 Å². The zero-order valence-corrected chi connectivity index (χ0v) is 16.9. The molecule has 2 saturated heterocycles. The van der Waals surface area contributed by atoms with Crippen molar-refractivity contribution in [3.63, 3.8) is 0 Å². The highest BCUT2D eigenvalue weighted by molar-refractivity contribution is 6.30. The Morgan fingerprint density at radius 3 is 2.68 bits per heavy atom. The fourth-order valence-corrected chi connectivity index (χ4v) is 4.51. The van der Waals surface area contributed by atoms with Crippen LogP contribution in [0.15, 0.2) is 42.6 Å². The highest BCUT2D eigenvalue weighted by atomic mass is 35.5. The van der Waals surface area contributed by atoms with Crippen LogP contribution < -0.4 is 9.64 Å². The van der Waals surface area contributed by atoms with Gasteiger partial charge in [-0.1, -0.05) is 23.7 Å². The summed E-state index contributed by atoms with van der Waals surface area (Å²) in [6.07, 6.45) is 5.22. The average molecular weight is 400 g/mol. The Morgan fingerprint density at radius 1 is 1.18 bits per heavy atom. The van der Waals surface area contributed by atoms with Crippen LogP contribution in [-0.2, 0) is 11.2 Å². The number of amides is 1. The molecule has 0 aliphatic carbocycles. The van der Waals surface area contributed by atoms with Gasteiger partial charge in [-0.15, -0.1) is 0 Å². The van der Waals surface area contributed by atoms with Gasteiger partial charge in [0.1, 0.15) is 11.6 Å². The number of hydrogen-bond donors (Lipinski definition) is 0. The number of likely N-dealkylation sites (tertiary alicyclic amines) is 1. The van der Waals surface area contributed by atoms with E-state index in [-0.39, 0.29) is 11.9 Å². The van der Waals surface area contributed by atoms with Crippen molar-refractivity contribution in [2.75, 3.05) is 31.6 Å². The molecule has 2 aliphatic rings. The van der Waals surface area contributed by atoms with E-state index in [0.29, 0.717) is 17.4 Å². The van der Waals surface area contributed by atoms with Gasteiger partial charge in [-0.3, -0.25) is 4.79 Å². The standard InChI is InChI=1S/C22H26ClN3O2/c1-28-19-6-2-16(3-7-19)4-9-22(27)26-13-11-17-10-12-25(15-20(17)26)21-8-5-18(23)14-24-21/h2-3,5-8,14,17,20H,4,9-13,15H2,1H3. The molecule has 0 saturated carbocycles. The third-order valence-electron chi connectivity index (χ3n) is 6.01. The number of halogens is 1. The van der Waals surface area contributed by atoms with Gasteiger partial charge in [0.25, 0.3) is 0 Å². The average Bonchev–Trinajstić information content (AvgIpc) is 3.16. The second-order valence-corrected chi connectivity index (χ2v) is 8.06. The monoisotopic (exact) mass is 399 g/mol. The summed E-state index contributed by atoms with van der Waals surface area (Å²) in [6.45, 7) is 2.72. The Kier molecular flexibility index (Phi) is 5.72. The molecular formula is C22H26ClN3O2.